The number of fused-ring (bicyclic) bond motifs is 4. The molecule has 0 heterocycles. The summed E-state index contributed by atoms with van der Waals surface area (Å²) in [5.74, 6) is -36.6. The molecule has 0 bridgehead atoms. The van der Waals surface area contributed by atoms with Crippen LogP contribution < -0.4 is 4.65 Å². The average Bonchev–Trinajstić information content (AvgIpc) is 3.27. The van der Waals surface area contributed by atoms with E-state index in [9.17, 15) is 53.3 Å². The molecule has 0 radical (unpaired) electrons. The minimum Gasteiger partial charge on any atom is -0.533 e. The van der Waals surface area contributed by atoms with Crippen LogP contribution in [0.2, 0.25) is 0 Å². The Bertz CT molecular complexity index is 1620. The molecule has 1 N–H and O–H groups in total. The SMILES string of the molecule is OB(Oc1c(F)c(F)c(F)c2c1C(F)(F)c1c(F)c(F)c(F)c(F)c1-2)C1C(F)=C(F)c2c1ccc(F)c2F. The Labute approximate surface area is 201 Å². The van der Waals surface area contributed by atoms with E-state index in [1.165, 1.54) is 0 Å². The number of hydrogen-bond donors (Lipinski definition) is 1. The summed E-state index contributed by atoms with van der Waals surface area (Å²) >= 11 is 0. The number of halogens is 13. The molecule has 0 amide bonds. The van der Waals surface area contributed by atoms with E-state index in [0.717, 1.165) is 0 Å². The van der Waals surface area contributed by atoms with Gasteiger partial charge < -0.3 is 9.68 Å². The van der Waals surface area contributed by atoms with Crippen LogP contribution in [0.4, 0.5) is 57.1 Å². The lowest BCUT2D eigenvalue weighted by atomic mass is 9.68. The standard InChI is InChI=1S/C22H4BF13O2/c24-4-2-1-3-5(11(4)25)12(26)16(30)10(3)23(37)38-21-9-7(14(28)18(32)20(21)34)6-8(22(9,35)36)15(29)19(33)17(31)13(6)27/h1-2,10,37H. The zero-order chi connectivity index (χ0) is 28.2. The summed E-state index contributed by atoms with van der Waals surface area (Å²) in [6.07, 6.45) is 0. The summed E-state index contributed by atoms with van der Waals surface area (Å²) < 4.78 is 191. The van der Waals surface area contributed by atoms with E-state index in [1.807, 2.05) is 0 Å². The van der Waals surface area contributed by atoms with E-state index < -0.39 is 122 Å². The van der Waals surface area contributed by atoms with E-state index in [-0.39, 0.29) is 0 Å². The topological polar surface area (TPSA) is 29.5 Å². The average molecular weight is 558 g/mol. The highest BCUT2D eigenvalue weighted by Gasteiger charge is 2.56. The molecular weight excluding hydrogens is 554 g/mol. The molecule has 0 aliphatic heterocycles. The van der Waals surface area contributed by atoms with Crippen molar-refractivity contribution in [3.63, 3.8) is 0 Å². The van der Waals surface area contributed by atoms with Crippen molar-refractivity contribution in [3.05, 3.63) is 92.6 Å². The van der Waals surface area contributed by atoms with E-state index in [2.05, 4.69) is 4.65 Å². The maximum atomic E-state index is 15.2. The first kappa shape index (κ1) is 25.9. The number of alkyl halides is 2. The van der Waals surface area contributed by atoms with Gasteiger partial charge >= 0.3 is 13.0 Å². The molecule has 5 rings (SSSR count). The largest absolute Gasteiger partial charge is 0.537 e. The van der Waals surface area contributed by atoms with Gasteiger partial charge in [-0.15, -0.1) is 0 Å². The quantitative estimate of drug-likeness (QED) is 0.165. The molecule has 0 saturated heterocycles. The van der Waals surface area contributed by atoms with Crippen LogP contribution in [0.1, 0.15) is 28.1 Å². The van der Waals surface area contributed by atoms with Crippen molar-refractivity contribution in [3.8, 4) is 16.9 Å². The van der Waals surface area contributed by atoms with Gasteiger partial charge in [0.05, 0.1) is 22.5 Å². The number of hydrogen-bond acceptors (Lipinski definition) is 2. The van der Waals surface area contributed by atoms with Gasteiger partial charge in [-0.25, -0.2) is 43.9 Å². The molecule has 0 aromatic heterocycles. The Balaban J connectivity index is 1.73. The molecule has 3 aromatic rings. The third-order valence-corrected chi connectivity index (χ3v) is 6.11. The molecule has 0 saturated carbocycles. The van der Waals surface area contributed by atoms with Gasteiger partial charge in [0, 0.05) is 11.1 Å². The summed E-state index contributed by atoms with van der Waals surface area (Å²) in [5.41, 5.74) is -11.0. The summed E-state index contributed by atoms with van der Waals surface area (Å²) in [6.45, 7) is 0. The lowest BCUT2D eigenvalue weighted by Crippen LogP contribution is -2.32. The highest BCUT2D eigenvalue weighted by atomic mass is 19.3. The fourth-order valence-corrected chi connectivity index (χ4v) is 4.48. The van der Waals surface area contributed by atoms with Crippen LogP contribution in [0, 0.1) is 52.4 Å². The molecule has 38 heavy (non-hydrogen) atoms. The van der Waals surface area contributed by atoms with Crippen LogP contribution in [0.25, 0.3) is 17.0 Å². The van der Waals surface area contributed by atoms with Gasteiger partial charge in [0.2, 0.25) is 5.82 Å². The molecule has 16 heteroatoms. The molecule has 2 aliphatic carbocycles. The monoisotopic (exact) mass is 558 g/mol. The predicted octanol–water partition coefficient (Wildman–Crippen LogP) is 6.86. The Hall–Kier alpha value is -3.69. The lowest BCUT2D eigenvalue weighted by molar-refractivity contribution is 0.0403. The van der Waals surface area contributed by atoms with Gasteiger partial charge in [-0.3, -0.25) is 0 Å². The van der Waals surface area contributed by atoms with E-state index >= 15 is 8.78 Å². The molecule has 3 aromatic carbocycles. The van der Waals surface area contributed by atoms with Gasteiger partial charge in [0.25, 0.3) is 0 Å². The van der Waals surface area contributed by atoms with E-state index in [4.69, 9.17) is 0 Å². The first-order chi connectivity index (χ1) is 17.6. The molecule has 0 fully saturated rings. The molecule has 2 nitrogen and oxygen atoms in total. The minimum absolute atomic E-state index is 0.342. The summed E-state index contributed by atoms with van der Waals surface area (Å²) in [5, 5.41) is 10.3. The number of allylic oxidation sites excluding steroid dienone is 1. The van der Waals surface area contributed by atoms with Crippen molar-refractivity contribution in [2.45, 2.75) is 11.7 Å². The van der Waals surface area contributed by atoms with Crippen molar-refractivity contribution in [2.24, 2.45) is 0 Å². The first-order valence-electron chi connectivity index (χ1n) is 9.98. The molecule has 1 atom stereocenters. The third kappa shape index (κ3) is 3.09. The van der Waals surface area contributed by atoms with Crippen LogP contribution >= 0.6 is 0 Å². The number of benzene rings is 3. The fraction of sp³-hybridized carbons (Fsp3) is 0.0909. The van der Waals surface area contributed by atoms with Gasteiger partial charge in [-0.1, -0.05) is 6.07 Å². The molecule has 0 spiro atoms. The summed E-state index contributed by atoms with van der Waals surface area (Å²) in [4.78, 5) is 0. The Morgan fingerprint density at radius 1 is 0.632 bits per heavy atom. The van der Waals surface area contributed by atoms with Crippen LogP contribution in [-0.4, -0.2) is 12.1 Å². The summed E-state index contributed by atoms with van der Waals surface area (Å²) in [6, 6.07) is 0.874. The smallest absolute Gasteiger partial charge is 0.533 e. The van der Waals surface area contributed by atoms with Gasteiger partial charge in [-0.05, 0) is 11.6 Å². The maximum absolute atomic E-state index is 15.2. The second-order valence-corrected chi connectivity index (χ2v) is 8.07. The van der Waals surface area contributed by atoms with Crippen molar-refractivity contribution >= 4 is 12.9 Å². The second-order valence-electron chi connectivity index (χ2n) is 8.07. The van der Waals surface area contributed by atoms with Crippen molar-refractivity contribution in [1.29, 1.82) is 0 Å². The van der Waals surface area contributed by atoms with Crippen LogP contribution in [0.3, 0.4) is 0 Å². The molecule has 1 unspecified atom stereocenters. The summed E-state index contributed by atoms with van der Waals surface area (Å²) in [7, 11) is -3.07. The van der Waals surface area contributed by atoms with Gasteiger partial charge in [0.15, 0.2) is 58.1 Å². The van der Waals surface area contributed by atoms with Crippen LogP contribution in [0.5, 0.6) is 5.75 Å². The van der Waals surface area contributed by atoms with Gasteiger partial charge in [-0.2, -0.15) is 13.2 Å². The van der Waals surface area contributed by atoms with Crippen LogP contribution in [0.15, 0.2) is 18.0 Å². The molecular formula is C22H4BF13O2. The van der Waals surface area contributed by atoms with Crippen molar-refractivity contribution in [1.82, 2.24) is 0 Å². The fourth-order valence-electron chi connectivity index (χ4n) is 4.48. The first-order valence-corrected chi connectivity index (χ1v) is 9.98. The third-order valence-electron chi connectivity index (χ3n) is 6.11. The molecule has 2 aliphatic rings. The Morgan fingerprint density at radius 3 is 1.76 bits per heavy atom. The Kier molecular flexibility index (Phi) is 5.57. The molecule has 198 valence electrons. The predicted molar refractivity (Wildman–Crippen MR) is 101 cm³/mol. The highest BCUT2D eigenvalue weighted by molar-refractivity contribution is 6.47. The second kappa shape index (κ2) is 8.15. The van der Waals surface area contributed by atoms with Crippen LogP contribution in [-0.2, 0) is 5.92 Å². The van der Waals surface area contributed by atoms with E-state index in [1.54, 1.807) is 0 Å². The minimum atomic E-state index is -5.18. The van der Waals surface area contributed by atoms with Gasteiger partial charge in [0.1, 0.15) is 5.83 Å². The zero-order valence-corrected chi connectivity index (χ0v) is 17.6. The van der Waals surface area contributed by atoms with E-state index in [0.29, 0.717) is 12.1 Å². The highest BCUT2D eigenvalue weighted by Crippen LogP contribution is 2.59. The maximum Gasteiger partial charge on any atom is 0.537 e. The van der Waals surface area contributed by atoms with Crippen molar-refractivity contribution in [2.75, 3.05) is 0 Å². The lowest BCUT2D eigenvalue weighted by Gasteiger charge is -2.22. The number of rotatable bonds is 3. The normalized spacial score (nSPS) is 17.1. The zero-order valence-electron chi connectivity index (χ0n) is 17.6. The Morgan fingerprint density at radius 2 is 1.16 bits per heavy atom. The van der Waals surface area contributed by atoms with Crippen molar-refractivity contribution < 1.29 is 66.8 Å².